The Balaban J connectivity index is 0.00000306. The quantitative estimate of drug-likeness (QED) is 0.317. The summed E-state index contributed by atoms with van der Waals surface area (Å²) in [7, 11) is 0. The highest BCUT2D eigenvalue weighted by atomic mass is 35.5. The minimum absolute atomic E-state index is 0. The Morgan fingerprint density at radius 1 is 1.06 bits per heavy atom. The first kappa shape index (κ1) is 25.6. The normalized spacial score (nSPS) is 16.6. The number of hydrogen-bond donors (Lipinski definition) is 1. The fourth-order valence-corrected chi connectivity index (χ4v) is 5.44. The fraction of sp³-hybridized carbons (Fsp3) is 0.481. The summed E-state index contributed by atoms with van der Waals surface area (Å²) in [4.78, 5) is 20.7. The van der Waals surface area contributed by atoms with Gasteiger partial charge in [-0.15, -0.1) is 12.4 Å². The van der Waals surface area contributed by atoms with E-state index in [1.165, 1.54) is 68.7 Å². The smallest absolute Gasteiger partial charge is 0.264 e. The van der Waals surface area contributed by atoms with Crippen molar-refractivity contribution in [3.63, 3.8) is 0 Å². The Morgan fingerprint density at radius 3 is 2.42 bits per heavy atom. The van der Waals surface area contributed by atoms with Crippen molar-refractivity contribution in [2.75, 3.05) is 18.4 Å². The lowest BCUT2D eigenvalue weighted by atomic mass is 10.0. The van der Waals surface area contributed by atoms with E-state index in [9.17, 15) is 4.79 Å². The predicted octanol–water partition coefficient (Wildman–Crippen LogP) is 7.25. The number of halogens is 1. The highest BCUT2D eigenvalue weighted by Gasteiger charge is 2.36. The third-order valence-electron chi connectivity index (χ3n) is 6.26. The van der Waals surface area contributed by atoms with Crippen LogP contribution in [0.4, 0.5) is 5.69 Å². The number of carbonyl (C=O) groups excluding carboxylic acids is 1. The minimum atomic E-state index is -0.0425. The molecule has 0 saturated carbocycles. The van der Waals surface area contributed by atoms with E-state index in [0.717, 1.165) is 53.0 Å². The Hall–Kier alpha value is -1.98. The molecule has 0 atom stereocenters. The maximum absolute atomic E-state index is 13.1. The predicted molar refractivity (Wildman–Crippen MR) is 144 cm³/mol. The van der Waals surface area contributed by atoms with E-state index in [0.29, 0.717) is 0 Å². The van der Waals surface area contributed by atoms with Gasteiger partial charge in [-0.1, -0.05) is 82.2 Å². The molecule has 4 rings (SSSR count). The van der Waals surface area contributed by atoms with Crippen molar-refractivity contribution in [1.29, 1.82) is 0 Å². The molecule has 0 radical (unpaired) electrons. The number of allylic oxidation sites excluding steroid dienone is 3. The van der Waals surface area contributed by atoms with E-state index < -0.39 is 0 Å². The van der Waals surface area contributed by atoms with Gasteiger partial charge in [0.15, 0.2) is 5.17 Å². The number of unbranched alkanes of at least 4 members (excludes halogenated alkanes) is 7. The number of hydrogen-bond acceptors (Lipinski definition) is 4. The third kappa shape index (κ3) is 6.77. The van der Waals surface area contributed by atoms with Gasteiger partial charge in [0.25, 0.3) is 5.91 Å². The van der Waals surface area contributed by atoms with E-state index in [2.05, 4.69) is 46.4 Å². The Morgan fingerprint density at radius 2 is 1.76 bits per heavy atom. The van der Waals surface area contributed by atoms with Crippen LogP contribution in [0.3, 0.4) is 0 Å². The van der Waals surface area contributed by atoms with Crippen molar-refractivity contribution in [3.8, 4) is 0 Å². The van der Waals surface area contributed by atoms with Crippen LogP contribution < -0.4 is 5.32 Å². The molecule has 1 aromatic rings. The molecular weight excluding hydrogens is 450 g/mol. The van der Waals surface area contributed by atoms with Gasteiger partial charge < -0.3 is 10.2 Å². The molecular formula is C27H36ClN3OS. The summed E-state index contributed by atoms with van der Waals surface area (Å²) in [6, 6.07) is 8.37. The van der Waals surface area contributed by atoms with E-state index in [-0.39, 0.29) is 18.3 Å². The summed E-state index contributed by atoms with van der Waals surface area (Å²) >= 11 is 1.50. The lowest BCUT2D eigenvalue weighted by molar-refractivity contribution is -0.112. The largest absolute Gasteiger partial charge is 0.321 e. The van der Waals surface area contributed by atoms with Crippen LogP contribution in [0.15, 0.2) is 63.7 Å². The van der Waals surface area contributed by atoms with Gasteiger partial charge in [0, 0.05) is 18.8 Å². The van der Waals surface area contributed by atoms with Crippen LogP contribution >= 0.6 is 24.2 Å². The maximum atomic E-state index is 13.1. The lowest BCUT2D eigenvalue weighted by Crippen LogP contribution is -2.30. The number of nitrogens with zero attached hydrogens (tertiary/aromatic N) is 2. The Kier molecular flexibility index (Phi) is 10.1. The Labute approximate surface area is 209 Å². The van der Waals surface area contributed by atoms with E-state index >= 15 is 0 Å². The molecule has 0 unspecified atom stereocenters. The van der Waals surface area contributed by atoms with E-state index in [4.69, 9.17) is 0 Å². The second kappa shape index (κ2) is 13.0. The number of rotatable bonds is 12. The zero-order valence-corrected chi connectivity index (χ0v) is 21.3. The van der Waals surface area contributed by atoms with Crippen LogP contribution in [0.2, 0.25) is 0 Å². The molecule has 1 aromatic carbocycles. The second-order valence-electron chi connectivity index (χ2n) is 8.81. The molecule has 0 fully saturated rings. The number of aliphatic imine (C=N–C) groups is 1. The average molecular weight is 486 g/mol. The number of fused-ring (bicyclic) bond motifs is 1. The lowest BCUT2D eigenvalue weighted by Gasteiger charge is -2.26. The van der Waals surface area contributed by atoms with Gasteiger partial charge in [-0.3, -0.25) is 9.79 Å². The molecule has 1 amide bonds. The molecule has 1 aliphatic carbocycles. The number of benzene rings is 1. The van der Waals surface area contributed by atoms with Gasteiger partial charge >= 0.3 is 0 Å². The summed E-state index contributed by atoms with van der Waals surface area (Å²) < 4.78 is 0. The van der Waals surface area contributed by atoms with E-state index in [1.54, 1.807) is 0 Å². The van der Waals surface area contributed by atoms with Gasteiger partial charge in [-0.05, 0) is 54.3 Å². The summed E-state index contributed by atoms with van der Waals surface area (Å²) in [5.41, 5.74) is 4.34. The van der Waals surface area contributed by atoms with Crippen LogP contribution in [0, 0.1) is 0 Å². The van der Waals surface area contributed by atoms with Crippen molar-refractivity contribution >= 4 is 40.9 Å². The minimum Gasteiger partial charge on any atom is -0.321 e. The van der Waals surface area contributed by atoms with Crippen LogP contribution in [0.1, 0.15) is 70.3 Å². The third-order valence-corrected chi connectivity index (χ3v) is 7.37. The molecule has 6 heteroatoms. The van der Waals surface area contributed by atoms with Crippen molar-refractivity contribution in [2.45, 2.75) is 71.1 Å². The first-order valence-electron chi connectivity index (χ1n) is 12.3. The molecule has 1 N–H and O–H groups in total. The van der Waals surface area contributed by atoms with Crippen molar-refractivity contribution < 1.29 is 4.79 Å². The average Bonchev–Trinajstić information content (AvgIpc) is 3.15. The van der Waals surface area contributed by atoms with Gasteiger partial charge in [0.1, 0.15) is 4.91 Å². The van der Waals surface area contributed by atoms with Gasteiger partial charge in [0.2, 0.25) is 0 Å². The molecule has 33 heavy (non-hydrogen) atoms. The molecule has 0 spiro atoms. The van der Waals surface area contributed by atoms with Crippen molar-refractivity contribution in [2.24, 2.45) is 4.99 Å². The highest BCUT2D eigenvalue weighted by molar-refractivity contribution is 8.18. The zero-order valence-electron chi connectivity index (χ0n) is 19.6. The van der Waals surface area contributed by atoms with Crippen LogP contribution in [0.5, 0.6) is 0 Å². The molecule has 0 aromatic heterocycles. The number of aryl methyl sites for hydroxylation is 1. The number of thioether (sulfide) groups is 1. The van der Waals surface area contributed by atoms with Crippen LogP contribution in [-0.4, -0.2) is 29.1 Å². The number of amides is 1. The van der Waals surface area contributed by atoms with Crippen LogP contribution in [0.25, 0.3) is 0 Å². The van der Waals surface area contributed by atoms with Crippen LogP contribution in [-0.2, 0) is 11.2 Å². The Bertz CT molecular complexity index is 933. The second-order valence-corrected chi connectivity index (χ2v) is 9.78. The topological polar surface area (TPSA) is 44.7 Å². The molecule has 178 valence electrons. The summed E-state index contributed by atoms with van der Waals surface area (Å²) in [5.74, 6) is -0.0425. The SMILES string of the molecule is CCCCCCCCCCc1ccc(NC(=O)C2=C(C3=CC=C3)N3CCCN=C3S2)cc1.Cl. The number of carbonyl (C=O) groups is 1. The van der Waals surface area contributed by atoms with Gasteiger partial charge in [-0.25, -0.2) is 0 Å². The molecule has 0 saturated heterocycles. The highest BCUT2D eigenvalue weighted by Crippen LogP contribution is 2.41. The summed E-state index contributed by atoms with van der Waals surface area (Å²) in [5, 5.41) is 4.06. The standard InChI is InChI=1S/C27H35N3OS.ClH/c1-2-3-4-5-6-7-8-9-12-21-15-17-23(18-16-21)29-26(31)25-24(22-13-10-14-22)30-20-11-19-28-27(30)32-25;/h10,13-18H,2-9,11-12,19-20H2,1H3,(H,29,31);1H. The molecule has 2 heterocycles. The zero-order chi connectivity index (χ0) is 22.2. The van der Waals surface area contributed by atoms with Gasteiger partial charge in [0.05, 0.1) is 5.70 Å². The number of nitrogens with one attached hydrogen (secondary N) is 1. The molecule has 0 bridgehead atoms. The van der Waals surface area contributed by atoms with Crippen molar-refractivity contribution in [3.05, 3.63) is 64.2 Å². The fourth-order valence-electron chi connectivity index (χ4n) is 4.34. The number of anilines is 1. The maximum Gasteiger partial charge on any atom is 0.264 e. The molecule has 3 aliphatic rings. The van der Waals surface area contributed by atoms with Crippen molar-refractivity contribution in [1.82, 2.24) is 4.90 Å². The number of amidine groups is 1. The molecule has 4 nitrogen and oxygen atoms in total. The van der Waals surface area contributed by atoms with Gasteiger partial charge in [-0.2, -0.15) is 0 Å². The monoisotopic (exact) mass is 485 g/mol. The molecule has 2 aliphatic heterocycles. The summed E-state index contributed by atoms with van der Waals surface area (Å²) in [6.07, 6.45) is 19.0. The first-order valence-corrected chi connectivity index (χ1v) is 13.1. The first-order chi connectivity index (χ1) is 15.8. The van der Waals surface area contributed by atoms with E-state index in [1.807, 2.05) is 18.2 Å². The summed E-state index contributed by atoms with van der Waals surface area (Å²) in [6.45, 7) is 4.04.